The van der Waals surface area contributed by atoms with E-state index < -0.39 is 12.0 Å². The summed E-state index contributed by atoms with van der Waals surface area (Å²) in [5.41, 5.74) is 1.04. The Morgan fingerprint density at radius 2 is 2.10 bits per heavy atom. The number of urea groups is 1. The van der Waals surface area contributed by atoms with Crippen LogP contribution in [0.3, 0.4) is 0 Å². The van der Waals surface area contributed by atoms with E-state index in [1.807, 2.05) is 0 Å². The van der Waals surface area contributed by atoms with Crippen LogP contribution in [0.2, 0.25) is 0 Å². The summed E-state index contributed by atoms with van der Waals surface area (Å²) >= 11 is 0. The van der Waals surface area contributed by atoms with E-state index in [4.69, 9.17) is 9.63 Å². The van der Waals surface area contributed by atoms with Gasteiger partial charge in [0.25, 0.3) is 0 Å². The predicted octanol–water partition coefficient (Wildman–Crippen LogP) is 1.71. The highest BCUT2D eigenvalue weighted by molar-refractivity contribution is 6.00. The van der Waals surface area contributed by atoms with Crippen LogP contribution in [0.4, 0.5) is 10.5 Å². The first-order valence-electron chi connectivity index (χ1n) is 6.13. The van der Waals surface area contributed by atoms with Gasteiger partial charge in [0.15, 0.2) is 5.82 Å². The second-order valence-electron chi connectivity index (χ2n) is 4.39. The third kappa shape index (κ3) is 3.78. The lowest BCUT2D eigenvalue weighted by molar-refractivity contribution is 0.0698. The number of aryl methyl sites for hydroxylation is 2. The van der Waals surface area contributed by atoms with E-state index in [1.54, 1.807) is 19.9 Å². The van der Waals surface area contributed by atoms with Crippen molar-refractivity contribution < 1.29 is 19.2 Å². The maximum absolute atomic E-state index is 11.8. The molecule has 0 saturated carbocycles. The zero-order valence-electron chi connectivity index (χ0n) is 11.5. The lowest BCUT2D eigenvalue weighted by Crippen LogP contribution is -2.29. The number of nitrogens with zero attached hydrogens (tertiary/aromatic N) is 2. The average molecular weight is 290 g/mol. The third-order valence-corrected chi connectivity index (χ3v) is 2.63. The van der Waals surface area contributed by atoms with Gasteiger partial charge < -0.3 is 20.3 Å². The minimum atomic E-state index is -1.11. The van der Waals surface area contributed by atoms with Crippen molar-refractivity contribution in [3.63, 3.8) is 0 Å². The Balaban J connectivity index is 2.01. The number of carboxylic acids is 1. The van der Waals surface area contributed by atoms with Crippen molar-refractivity contribution in [3.8, 4) is 0 Å². The highest BCUT2D eigenvalue weighted by Gasteiger charge is 2.13. The Kier molecular flexibility index (Phi) is 4.17. The molecular formula is C13H14N4O4. The number of rotatable bonds is 4. The summed E-state index contributed by atoms with van der Waals surface area (Å²) < 4.78 is 4.77. The summed E-state index contributed by atoms with van der Waals surface area (Å²) in [4.78, 5) is 26.8. The molecule has 2 aromatic rings. The Morgan fingerprint density at radius 1 is 1.33 bits per heavy atom. The second kappa shape index (κ2) is 6.04. The van der Waals surface area contributed by atoms with E-state index in [0.717, 1.165) is 5.56 Å². The van der Waals surface area contributed by atoms with E-state index >= 15 is 0 Å². The molecular weight excluding hydrogens is 276 g/mol. The number of hydrogen-bond acceptors (Lipinski definition) is 5. The molecule has 0 unspecified atom stereocenters. The topological polar surface area (TPSA) is 117 Å². The fourth-order valence-corrected chi connectivity index (χ4v) is 1.68. The number of aromatic nitrogens is 2. The maximum Gasteiger partial charge on any atom is 0.337 e. The molecule has 0 atom stereocenters. The minimum Gasteiger partial charge on any atom is -0.478 e. The molecule has 0 aliphatic heterocycles. The number of carboxylic acid groups (broad SMARTS) is 1. The van der Waals surface area contributed by atoms with Gasteiger partial charge in [-0.3, -0.25) is 0 Å². The molecule has 0 spiro atoms. The SMILES string of the molecule is Cc1ccc(NC(=O)NCc2noc(C)n2)c(C(=O)O)c1. The number of nitrogens with one attached hydrogen (secondary N) is 2. The number of aromatic carboxylic acids is 1. The number of amides is 2. The van der Waals surface area contributed by atoms with Gasteiger partial charge in [0.05, 0.1) is 17.8 Å². The molecule has 110 valence electrons. The molecule has 8 heteroatoms. The number of benzene rings is 1. The summed E-state index contributed by atoms with van der Waals surface area (Å²) in [6.45, 7) is 3.49. The first-order chi connectivity index (χ1) is 9.95. The zero-order chi connectivity index (χ0) is 15.4. The number of hydrogen-bond donors (Lipinski definition) is 3. The van der Waals surface area contributed by atoms with E-state index in [2.05, 4.69) is 20.8 Å². The van der Waals surface area contributed by atoms with Crippen molar-refractivity contribution in [1.82, 2.24) is 15.5 Å². The lowest BCUT2D eigenvalue weighted by atomic mass is 10.1. The standard InChI is InChI=1S/C13H14N4O4/c1-7-3-4-10(9(5-7)12(18)19)16-13(20)14-6-11-15-8(2)21-17-11/h3-5H,6H2,1-2H3,(H,18,19)(H2,14,16,20). The minimum absolute atomic E-state index is 0.0283. The smallest absolute Gasteiger partial charge is 0.337 e. The zero-order valence-corrected chi connectivity index (χ0v) is 11.5. The molecule has 1 aromatic carbocycles. The average Bonchev–Trinajstić information content (AvgIpc) is 2.84. The quantitative estimate of drug-likeness (QED) is 0.789. The fraction of sp³-hybridized carbons (Fsp3) is 0.231. The van der Waals surface area contributed by atoms with Crippen LogP contribution in [0.5, 0.6) is 0 Å². The first-order valence-corrected chi connectivity index (χ1v) is 6.13. The van der Waals surface area contributed by atoms with Gasteiger partial charge in [0.2, 0.25) is 5.89 Å². The van der Waals surface area contributed by atoms with E-state index in [0.29, 0.717) is 11.7 Å². The molecule has 8 nitrogen and oxygen atoms in total. The summed E-state index contributed by atoms with van der Waals surface area (Å²) in [6, 6.07) is 4.19. The van der Waals surface area contributed by atoms with Gasteiger partial charge in [-0.05, 0) is 19.1 Å². The lowest BCUT2D eigenvalue weighted by Gasteiger charge is -2.09. The molecule has 0 bridgehead atoms. The molecule has 2 amide bonds. The van der Waals surface area contributed by atoms with Gasteiger partial charge in [-0.2, -0.15) is 4.98 Å². The van der Waals surface area contributed by atoms with Crippen LogP contribution in [0.1, 0.15) is 27.6 Å². The molecule has 0 fully saturated rings. The monoisotopic (exact) mass is 290 g/mol. The highest BCUT2D eigenvalue weighted by Crippen LogP contribution is 2.17. The van der Waals surface area contributed by atoms with Crippen LogP contribution < -0.4 is 10.6 Å². The number of anilines is 1. The van der Waals surface area contributed by atoms with Gasteiger partial charge in [-0.15, -0.1) is 0 Å². The molecule has 2 rings (SSSR count). The number of carbonyl (C=O) groups excluding carboxylic acids is 1. The second-order valence-corrected chi connectivity index (χ2v) is 4.39. The molecule has 0 radical (unpaired) electrons. The largest absolute Gasteiger partial charge is 0.478 e. The Hall–Kier alpha value is -2.90. The maximum atomic E-state index is 11.8. The van der Waals surface area contributed by atoms with Gasteiger partial charge in [0, 0.05) is 6.92 Å². The van der Waals surface area contributed by atoms with E-state index in [-0.39, 0.29) is 17.8 Å². The van der Waals surface area contributed by atoms with E-state index in [9.17, 15) is 9.59 Å². The van der Waals surface area contributed by atoms with Gasteiger partial charge in [-0.25, -0.2) is 9.59 Å². The summed E-state index contributed by atoms with van der Waals surface area (Å²) in [5, 5.41) is 17.7. The summed E-state index contributed by atoms with van der Waals surface area (Å²) in [7, 11) is 0. The first kappa shape index (κ1) is 14.5. The van der Waals surface area contributed by atoms with Gasteiger partial charge >= 0.3 is 12.0 Å². The highest BCUT2D eigenvalue weighted by atomic mass is 16.5. The van der Waals surface area contributed by atoms with Gasteiger partial charge in [-0.1, -0.05) is 16.8 Å². The molecule has 21 heavy (non-hydrogen) atoms. The van der Waals surface area contributed by atoms with Crippen molar-refractivity contribution in [1.29, 1.82) is 0 Å². The van der Waals surface area contributed by atoms with Crippen LogP contribution >= 0.6 is 0 Å². The van der Waals surface area contributed by atoms with Crippen molar-refractivity contribution >= 4 is 17.7 Å². The molecule has 0 aliphatic rings. The summed E-state index contributed by atoms with van der Waals surface area (Å²) in [5.74, 6) is -0.369. The number of carbonyl (C=O) groups is 2. The van der Waals surface area contributed by atoms with Crippen LogP contribution in [0, 0.1) is 13.8 Å². The van der Waals surface area contributed by atoms with Crippen molar-refractivity contribution in [2.24, 2.45) is 0 Å². The Morgan fingerprint density at radius 3 is 2.71 bits per heavy atom. The van der Waals surface area contributed by atoms with Crippen LogP contribution in [-0.2, 0) is 6.54 Å². The molecule has 0 saturated heterocycles. The van der Waals surface area contributed by atoms with Crippen LogP contribution in [0.25, 0.3) is 0 Å². The van der Waals surface area contributed by atoms with Crippen molar-refractivity contribution in [2.75, 3.05) is 5.32 Å². The fourth-order valence-electron chi connectivity index (χ4n) is 1.68. The van der Waals surface area contributed by atoms with E-state index in [1.165, 1.54) is 12.1 Å². The molecule has 3 N–H and O–H groups in total. The van der Waals surface area contributed by atoms with Crippen LogP contribution in [0.15, 0.2) is 22.7 Å². The van der Waals surface area contributed by atoms with Crippen molar-refractivity contribution in [2.45, 2.75) is 20.4 Å². The Labute approximate surface area is 120 Å². The van der Waals surface area contributed by atoms with Crippen LogP contribution in [-0.4, -0.2) is 27.2 Å². The van der Waals surface area contributed by atoms with Gasteiger partial charge in [0.1, 0.15) is 0 Å². The van der Waals surface area contributed by atoms with Crippen molar-refractivity contribution in [3.05, 3.63) is 41.0 Å². The Bertz CT molecular complexity index is 681. The third-order valence-electron chi connectivity index (χ3n) is 2.63. The molecule has 1 heterocycles. The molecule has 0 aliphatic carbocycles. The predicted molar refractivity (Wildman–Crippen MR) is 73.0 cm³/mol. The normalized spacial score (nSPS) is 10.2. The molecule has 1 aromatic heterocycles. The summed E-state index contributed by atoms with van der Waals surface area (Å²) in [6.07, 6.45) is 0.